The van der Waals surface area contributed by atoms with E-state index < -0.39 is 5.41 Å². The summed E-state index contributed by atoms with van der Waals surface area (Å²) in [5.41, 5.74) is 9.84. The molecule has 266 valence electrons. The van der Waals surface area contributed by atoms with Crippen molar-refractivity contribution in [2.45, 2.75) is 18.8 Å². The lowest BCUT2D eigenvalue weighted by atomic mass is 9.70. The predicted molar refractivity (Wildman–Crippen MR) is 233 cm³/mol. The zero-order valence-electron chi connectivity index (χ0n) is 30.6. The summed E-state index contributed by atoms with van der Waals surface area (Å²) in [6.45, 7) is 10.2. The maximum absolute atomic E-state index is 16.0. The first-order valence-corrected chi connectivity index (χ1v) is 19.2. The van der Waals surface area contributed by atoms with Gasteiger partial charge in [0.2, 0.25) is 0 Å². The average molecular weight is 731 g/mol. The first-order chi connectivity index (χ1) is 27.0. The molecule has 7 aromatic rings. The number of rotatable bonds is 10. The predicted octanol–water partition coefficient (Wildman–Crippen LogP) is 13.6. The van der Waals surface area contributed by atoms with E-state index in [1.807, 2.05) is 73.7 Å². The van der Waals surface area contributed by atoms with Gasteiger partial charge in [-0.3, -0.25) is 0 Å². The third-order valence-electron chi connectivity index (χ3n) is 10.3. The lowest BCUT2D eigenvalue weighted by Gasteiger charge is -2.32. The molecule has 0 saturated heterocycles. The third-order valence-corrected chi connectivity index (χ3v) is 11.5. The molecule has 0 amide bonds. The minimum atomic E-state index is -0.426. The van der Waals surface area contributed by atoms with E-state index in [2.05, 4.69) is 116 Å². The topological polar surface area (TPSA) is 24.7 Å². The zero-order valence-corrected chi connectivity index (χ0v) is 31.4. The summed E-state index contributed by atoms with van der Waals surface area (Å²) in [5, 5.41) is 1.13. The highest BCUT2D eigenvalue weighted by atomic mass is 32.1. The summed E-state index contributed by atoms with van der Waals surface area (Å²) < 4.78 is 17.1. The Morgan fingerprint density at radius 2 is 1.44 bits per heavy atom. The van der Waals surface area contributed by atoms with Gasteiger partial charge in [0.1, 0.15) is 5.82 Å². The van der Waals surface area contributed by atoms with E-state index in [0.717, 1.165) is 43.8 Å². The Morgan fingerprint density at radius 1 is 0.709 bits per heavy atom. The standard InChI is InChI=1S/C51H39FN2S/c1-4-5-6-7-18-32-51(40-23-12-9-13-24-40)44-27-16-15-25-43(44)49-41(26-19-28-45(49)51)35(2)53-50(54-36(3)48-34-38-22-14-17-29-47(38)55-48)39-30-31-42(46(52)33-39)37-20-10-8-11-21-37/h4-31,33-34H,1,3,32H2,2H3/b6-5-,18-7-,53-35?,54-50?. The van der Waals surface area contributed by atoms with Gasteiger partial charge in [0, 0.05) is 32.5 Å². The molecule has 55 heavy (non-hydrogen) atoms. The third kappa shape index (κ3) is 6.78. The van der Waals surface area contributed by atoms with Gasteiger partial charge in [-0.15, -0.1) is 11.3 Å². The fourth-order valence-corrected chi connectivity index (χ4v) is 8.72. The number of benzene rings is 6. The highest BCUT2D eigenvalue weighted by molar-refractivity contribution is 7.20. The highest BCUT2D eigenvalue weighted by Crippen LogP contribution is 2.55. The molecule has 0 aliphatic heterocycles. The second kappa shape index (κ2) is 15.5. The molecule has 0 fully saturated rings. The molecule has 1 unspecified atom stereocenters. The van der Waals surface area contributed by atoms with Crippen molar-refractivity contribution in [2.24, 2.45) is 9.98 Å². The Balaban J connectivity index is 1.29. The number of halogens is 1. The van der Waals surface area contributed by atoms with Crippen LogP contribution in [0.2, 0.25) is 0 Å². The van der Waals surface area contributed by atoms with Gasteiger partial charge in [-0.05, 0) is 70.3 Å². The van der Waals surface area contributed by atoms with Crippen molar-refractivity contribution >= 4 is 38.7 Å². The van der Waals surface area contributed by atoms with Gasteiger partial charge in [-0.1, -0.05) is 177 Å². The van der Waals surface area contributed by atoms with Crippen LogP contribution >= 0.6 is 11.3 Å². The number of thiophene rings is 1. The summed E-state index contributed by atoms with van der Waals surface area (Å²) >= 11 is 1.63. The summed E-state index contributed by atoms with van der Waals surface area (Å²) in [4.78, 5) is 11.3. The van der Waals surface area contributed by atoms with E-state index in [1.165, 1.54) is 28.3 Å². The Morgan fingerprint density at radius 3 is 2.22 bits per heavy atom. The quantitative estimate of drug-likeness (QED) is 0.0760. The molecule has 1 aliphatic rings. The molecule has 6 aromatic carbocycles. The summed E-state index contributed by atoms with van der Waals surface area (Å²) in [6.07, 6.45) is 10.8. The van der Waals surface area contributed by atoms with Gasteiger partial charge in [0.25, 0.3) is 0 Å². The second-order valence-electron chi connectivity index (χ2n) is 13.6. The van der Waals surface area contributed by atoms with Gasteiger partial charge in [0.05, 0.1) is 10.6 Å². The lowest BCUT2D eigenvalue weighted by Crippen LogP contribution is -2.26. The van der Waals surface area contributed by atoms with Crippen molar-refractivity contribution in [2.75, 3.05) is 0 Å². The molecule has 2 nitrogen and oxygen atoms in total. The number of fused-ring (bicyclic) bond motifs is 4. The van der Waals surface area contributed by atoms with Gasteiger partial charge in [-0.2, -0.15) is 0 Å². The van der Waals surface area contributed by atoms with Crippen molar-refractivity contribution in [3.63, 3.8) is 0 Å². The molecule has 8 rings (SSSR count). The van der Waals surface area contributed by atoms with E-state index in [0.29, 0.717) is 22.7 Å². The highest BCUT2D eigenvalue weighted by Gasteiger charge is 2.44. The molecule has 0 spiro atoms. The average Bonchev–Trinajstić information content (AvgIpc) is 3.79. The molecular formula is C51H39FN2S. The van der Waals surface area contributed by atoms with Crippen LogP contribution < -0.4 is 0 Å². The molecule has 0 radical (unpaired) electrons. The van der Waals surface area contributed by atoms with Crippen LogP contribution in [0.15, 0.2) is 205 Å². The van der Waals surface area contributed by atoms with E-state index in [1.54, 1.807) is 17.4 Å². The van der Waals surface area contributed by atoms with Crippen LogP contribution in [0.1, 0.15) is 46.0 Å². The molecule has 1 aliphatic carbocycles. The minimum Gasteiger partial charge on any atom is -0.233 e. The maximum Gasteiger partial charge on any atom is 0.160 e. The Hall–Kier alpha value is -6.49. The van der Waals surface area contributed by atoms with Crippen molar-refractivity contribution in [3.05, 3.63) is 234 Å². The molecule has 0 bridgehead atoms. The molecule has 1 aromatic heterocycles. The minimum absolute atomic E-state index is 0.338. The smallest absolute Gasteiger partial charge is 0.160 e. The normalized spacial score (nSPS) is 15.5. The number of hydrogen-bond donors (Lipinski definition) is 0. The summed E-state index contributed by atoms with van der Waals surface area (Å²) in [6, 6.07) is 51.1. The van der Waals surface area contributed by atoms with Gasteiger partial charge < -0.3 is 0 Å². The van der Waals surface area contributed by atoms with Crippen LogP contribution in [0.3, 0.4) is 0 Å². The number of hydrogen-bond acceptors (Lipinski definition) is 2. The van der Waals surface area contributed by atoms with E-state index >= 15 is 4.39 Å². The monoisotopic (exact) mass is 730 g/mol. The fraction of sp³-hybridized carbons (Fsp3) is 0.0588. The summed E-state index contributed by atoms with van der Waals surface area (Å²) in [7, 11) is 0. The van der Waals surface area contributed by atoms with Crippen molar-refractivity contribution in [1.82, 2.24) is 0 Å². The maximum atomic E-state index is 16.0. The fourth-order valence-electron chi connectivity index (χ4n) is 7.74. The van der Waals surface area contributed by atoms with Crippen molar-refractivity contribution in [3.8, 4) is 22.3 Å². The van der Waals surface area contributed by atoms with E-state index in [4.69, 9.17) is 9.98 Å². The Kier molecular flexibility index (Phi) is 9.99. The number of amidine groups is 1. The van der Waals surface area contributed by atoms with Crippen molar-refractivity contribution < 1.29 is 4.39 Å². The largest absolute Gasteiger partial charge is 0.233 e. The van der Waals surface area contributed by atoms with Crippen LogP contribution in [0.5, 0.6) is 0 Å². The Labute approximate surface area is 326 Å². The van der Waals surface area contributed by atoms with Gasteiger partial charge in [-0.25, -0.2) is 14.4 Å². The van der Waals surface area contributed by atoms with E-state index in [-0.39, 0.29) is 5.82 Å². The van der Waals surface area contributed by atoms with E-state index in [9.17, 15) is 0 Å². The molecule has 0 saturated carbocycles. The van der Waals surface area contributed by atoms with Crippen LogP contribution in [-0.2, 0) is 5.41 Å². The van der Waals surface area contributed by atoms with Crippen LogP contribution in [0.4, 0.5) is 4.39 Å². The Bertz CT molecular complexity index is 2650. The first kappa shape index (κ1) is 35.5. The van der Waals surface area contributed by atoms with Gasteiger partial charge in [0.15, 0.2) is 5.84 Å². The van der Waals surface area contributed by atoms with Crippen LogP contribution in [0.25, 0.3) is 38.0 Å². The molecule has 1 heterocycles. The van der Waals surface area contributed by atoms with Crippen molar-refractivity contribution in [1.29, 1.82) is 0 Å². The summed E-state index contributed by atoms with van der Waals surface area (Å²) in [5.74, 6) is 0.0588. The molecule has 1 atom stereocenters. The molecule has 0 N–H and O–H groups in total. The number of aliphatic imine (C=N–C) groups is 2. The van der Waals surface area contributed by atoms with Gasteiger partial charge >= 0.3 is 0 Å². The zero-order chi connectivity index (χ0) is 37.8. The first-order valence-electron chi connectivity index (χ1n) is 18.4. The lowest BCUT2D eigenvalue weighted by molar-refractivity contribution is 0.631. The van der Waals surface area contributed by atoms with Crippen LogP contribution in [0, 0.1) is 5.82 Å². The molecular weight excluding hydrogens is 692 g/mol. The van der Waals surface area contributed by atoms with Crippen LogP contribution in [-0.4, -0.2) is 11.5 Å². The number of nitrogens with zero attached hydrogens (tertiary/aromatic N) is 2. The SMILES string of the molecule is C=C/C=C\C=C/CC1(c2ccccc2)c2ccccc2-c2c(C(C)=NC(=NC(=C)c3cc4ccccc4s3)c3ccc(-c4ccccc4)c(F)c3)cccc21. The number of allylic oxidation sites excluding steroid dienone is 5. The second-order valence-corrected chi connectivity index (χ2v) is 14.7. The molecule has 4 heteroatoms.